The van der Waals surface area contributed by atoms with Crippen LogP contribution in [-0.2, 0) is 6.54 Å². The Labute approximate surface area is 119 Å². The lowest BCUT2D eigenvalue weighted by Crippen LogP contribution is -2.39. The summed E-state index contributed by atoms with van der Waals surface area (Å²) in [7, 11) is 0. The maximum atomic E-state index is 10.6. The second kappa shape index (κ2) is 6.85. The SMILES string of the molecule is CC(C)N(Cc1ccc([N+](=O)[O-])o1)CC1CCNCC1. The van der Waals surface area contributed by atoms with Crippen molar-refractivity contribution in [2.45, 2.75) is 39.3 Å². The van der Waals surface area contributed by atoms with Crippen LogP contribution in [0, 0.1) is 16.0 Å². The first-order valence-electron chi connectivity index (χ1n) is 7.24. The second-order valence-corrected chi connectivity index (χ2v) is 5.71. The number of nitrogens with one attached hydrogen (secondary N) is 1. The molecule has 1 aromatic heterocycles. The fraction of sp³-hybridized carbons (Fsp3) is 0.714. The lowest BCUT2D eigenvalue weighted by atomic mass is 9.97. The molecule has 1 aliphatic heterocycles. The molecule has 112 valence electrons. The number of rotatable bonds is 6. The van der Waals surface area contributed by atoms with Gasteiger partial charge in [-0.05, 0) is 51.8 Å². The summed E-state index contributed by atoms with van der Waals surface area (Å²) in [6.07, 6.45) is 2.39. The molecular formula is C14H23N3O3. The Kier molecular flexibility index (Phi) is 5.14. The lowest BCUT2D eigenvalue weighted by molar-refractivity contribution is -0.402. The van der Waals surface area contributed by atoms with Crippen molar-refractivity contribution in [3.8, 4) is 0 Å². The van der Waals surface area contributed by atoms with Gasteiger partial charge in [-0.1, -0.05) is 0 Å². The van der Waals surface area contributed by atoms with Crippen molar-refractivity contribution in [1.29, 1.82) is 0 Å². The van der Waals surface area contributed by atoms with Crippen LogP contribution in [0.5, 0.6) is 0 Å². The number of nitrogens with zero attached hydrogens (tertiary/aromatic N) is 2. The van der Waals surface area contributed by atoms with Crippen LogP contribution in [-0.4, -0.2) is 35.5 Å². The largest absolute Gasteiger partial charge is 0.433 e. The first-order chi connectivity index (χ1) is 9.56. The summed E-state index contributed by atoms with van der Waals surface area (Å²) in [4.78, 5) is 12.5. The molecule has 0 bridgehead atoms. The molecule has 1 aliphatic rings. The van der Waals surface area contributed by atoms with E-state index in [2.05, 4.69) is 24.1 Å². The first-order valence-corrected chi connectivity index (χ1v) is 7.24. The molecule has 0 atom stereocenters. The highest BCUT2D eigenvalue weighted by molar-refractivity contribution is 5.17. The standard InChI is InChI=1S/C14H23N3O3/c1-11(2)16(9-12-5-7-15-8-6-12)10-13-3-4-14(20-13)17(18)19/h3-4,11-12,15H,5-10H2,1-2H3. The van der Waals surface area contributed by atoms with Gasteiger partial charge in [0.25, 0.3) is 0 Å². The number of hydrogen-bond donors (Lipinski definition) is 1. The van der Waals surface area contributed by atoms with Gasteiger partial charge >= 0.3 is 5.88 Å². The molecule has 0 unspecified atom stereocenters. The quantitative estimate of drug-likeness (QED) is 0.640. The van der Waals surface area contributed by atoms with E-state index < -0.39 is 4.92 Å². The van der Waals surface area contributed by atoms with Crippen LogP contribution >= 0.6 is 0 Å². The number of piperidine rings is 1. The first kappa shape index (κ1) is 15.0. The van der Waals surface area contributed by atoms with E-state index in [0.29, 0.717) is 24.3 Å². The summed E-state index contributed by atoms with van der Waals surface area (Å²) in [5, 5.41) is 14.0. The smallest absolute Gasteiger partial charge is 0.404 e. The van der Waals surface area contributed by atoms with Crippen LogP contribution in [0.3, 0.4) is 0 Å². The Morgan fingerprint density at radius 3 is 2.70 bits per heavy atom. The molecule has 1 aromatic rings. The average molecular weight is 281 g/mol. The Hall–Kier alpha value is -1.40. The second-order valence-electron chi connectivity index (χ2n) is 5.71. The zero-order chi connectivity index (χ0) is 14.5. The van der Waals surface area contributed by atoms with Crippen LogP contribution < -0.4 is 5.32 Å². The predicted molar refractivity (Wildman–Crippen MR) is 76.5 cm³/mol. The van der Waals surface area contributed by atoms with Gasteiger partial charge in [0.2, 0.25) is 0 Å². The van der Waals surface area contributed by atoms with Gasteiger partial charge in [0.15, 0.2) is 0 Å². The van der Waals surface area contributed by atoms with Crippen molar-refractivity contribution >= 4 is 5.88 Å². The van der Waals surface area contributed by atoms with Gasteiger partial charge in [0.1, 0.15) is 10.7 Å². The Morgan fingerprint density at radius 2 is 2.15 bits per heavy atom. The minimum absolute atomic E-state index is 0.175. The van der Waals surface area contributed by atoms with Crippen LogP contribution in [0.15, 0.2) is 16.5 Å². The molecule has 0 aliphatic carbocycles. The van der Waals surface area contributed by atoms with E-state index in [0.717, 1.165) is 19.6 Å². The van der Waals surface area contributed by atoms with E-state index in [-0.39, 0.29) is 5.88 Å². The molecule has 0 spiro atoms. The minimum Gasteiger partial charge on any atom is -0.404 e. The van der Waals surface area contributed by atoms with E-state index >= 15 is 0 Å². The topological polar surface area (TPSA) is 71.5 Å². The number of furan rings is 1. The van der Waals surface area contributed by atoms with Gasteiger partial charge < -0.3 is 9.73 Å². The maximum absolute atomic E-state index is 10.6. The molecule has 6 heteroatoms. The fourth-order valence-electron chi connectivity index (χ4n) is 2.60. The van der Waals surface area contributed by atoms with E-state index in [1.165, 1.54) is 18.9 Å². The normalized spacial score (nSPS) is 17.0. The monoisotopic (exact) mass is 281 g/mol. The predicted octanol–water partition coefficient (Wildman–Crippen LogP) is 2.40. The zero-order valence-electron chi connectivity index (χ0n) is 12.2. The fourth-order valence-corrected chi connectivity index (χ4v) is 2.60. The Balaban J connectivity index is 1.95. The third-order valence-electron chi connectivity index (χ3n) is 3.87. The van der Waals surface area contributed by atoms with E-state index in [1.807, 2.05) is 0 Å². The summed E-state index contributed by atoms with van der Waals surface area (Å²) in [6.45, 7) is 8.13. The van der Waals surface area contributed by atoms with Crippen LogP contribution in [0.4, 0.5) is 5.88 Å². The Morgan fingerprint density at radius 1 is 1.45 bits per heavy atom. The van der Waals surface area contributed by atoms with E-state index in [9.17, 15) is 10.1 Å². The van der Waals surface area contributed by atoms with Crippen LogP contribution in [0.25, 0.3) is 0 Å². The van der Waals surface area contributed by atoms with E-state index in [4.69, 9.17) is 4.42 Å². The van der Waals surface area contributed by atoms with Crippen molar-refractivity contribution in [2.24, 2.45) is 5.92 Å². The zero-order valence-corrected chi connectivity index (χ0v) is 12.2. The van der Waals surface area contributed by atoms with Crippen LogP contribution in [0.1, 0.15) is 32.4 Å². The van der Waals surface area contributed by atoms with Crippen molar-refractivity contribution in [2.75, 3.05) is 19.6 Å². The summed E-state index contributed by atoms with van der Waals surface area (Å²) in [6, 6.07) is 3.53. The molecule has 6 nitrogen and oxygen atoms in total. The highest BCUT2D eigenvalue weighted by Crippen LogP contribution is 2.21. The molecule has 20 heavy (non-hydrogen) atoms. The molecule has 1 saturated heterocycles. The van der Waals surface area contributed by atoms with Gasteiger partial charge in [-0.15, -0.1) is 0 Å². The molecule has 0 saturated carbocycles. The highest BCUT2D eigenvalue weighted by Gasteiger charge is 2.21. The van der Waals surface area contributed by atoms with Gasteiger partial charge in [-0.2, -0.15) is 0 Å². The molecule has 1 N–H and O–H groups in total. The van der Waals surface area contributed by atoms with Gasteiger partial charge in [-0.3, -0.25) is 15.0 Å². The summed E-state index contributed by atoms with van der Waals surface area (Å²) < 4.78 is 5.26. The summed E-state index contributed by atoms with van der Waals surface area (Å²) in [5.74, 6) is 1.19. The third-order valence-corrected chi connectivity index (χ3v) is 3.87. The molecule has 0 amide bonds. The highest BCUT2D eigenvalue weighted by atomic mass is 16.6. The minimum atomic E-state index is -0.490. The van der Waals surface area contributed by atoms with Gasteiger partial charge in [0, 0.05) is 12.6 Å². The van der Waals surface area contributed by atoms with Gasteiger partial charge in [-0.25, -0.2) is 0 Å². The Bertz CT molecular complexity index is 439. The molecular weight excluding hydrogens is 258 g/mol. The summed E-state index contributed by atoms with van der Waals surface area (Å²) in [5.41, 5.74) is 0. The molecule has 1 fully saturated rings. The van der Waals surface area contributed by atoms with E-state index in [1.54, 1.807) is 6.07 Å². The summed E-state index contributed by atoms with van der Waals surface area (Å²) >= 11 is 0. The maximum Gasteiger partial charge on any atom is 0.433 e. The van der Waals surface area contributed by atoms with Crippen molar-refractivity contribution in [3.05, 3.63) is 28.0 Å². The van der Waals surface area contributed by atoms with Crippen molar-refractivity contribution < 1.29 is 9.34 Å². The van der Waals surface area contributed by atoms with Crippen molar-refractivity contribution in [1.82, 2.24) is 10.2 Å². The molecule has 0 radical (unpaired) electrons. The van der Waals surface area contributed by atoms with Crippen LogP contribution in [0.2, 0.25) is 0 Å². The number of hydrogen-bond acceptors (Lipinski definition) is 5. The average Bonchev–Trinajstić information content (AvgIpc) is 2.88. The molecule has 2 heterocycles. The third kappa shape index (κ3) is 4.05. The molecule has 0 aromatic carbocycles. The number of nitro groups is 1. The van der Waals surface area contributed by atoms with Crippen molar-refractivity contribution in [3.63, 3.8) is 0 Å². The van der Waals surface area contributed by atoms with Gasteiger partial charge in [0.05, 0.1) is 12.6 Å². The lowest BCUT2D eigenvalue weighted by Gasteiger charge is -2.32. The molecule has 2 rings (SSSR count).